The molecule has 0 saturated heterocycles. The van der Waals surface area contributed by atoms with Gasteiger partial charge in [-0.05, 0) is 23.7 Å². The van der Waals surface area contributed by atoms with Crippen LogP contribution in [0.2, 0.25) is 18.1 Å². The second-order valence-electron chi connectivity index (χ2n) is 7.53. The highest BCUT2D eigenvalue weighted by Crippen LogP contribution is 2.36. The number of nitrogens with zero attached hydrogens (tertiary/aromatic N) is 1. The summed E-state index contributed by atoms with van der Waals surface area (Å²) in [6, 6.07) is 9.37. The van der Waals surface area contributed by atoms with Gasteiger partial charge in [0.1, 0.15) is 0 Å². The fourth-order valence-corrected chi connectivity index (χ4v) is 2.81. The molecule has 1 rings (SSSR count). The molecular formula is C18H29NO4Si. The Kier molecular flexibility index (Phi) is 7.17. The van der Waals surface area contributed by atoms with Crippen molar-refractivity contribution in [3.63, 3.8) is 0 Å². The number of Topliss-reactive ketones (excluding diaryl/α,β-unsaturated/α-hetero) is 1. The van der Waals surface area contributed by atoms with E-state index in [-0.39, 0.29) is 36.9 Å². The molecule has 0 saturated carbocycles. The fourth-order valence-electron chi connectivity index (χ4n) is 1.86. The molecule has 0 aliphatic heterocycles. The molecular weight excluding hydrogens is 322 g/mol. The minimum atomic E-state index is -1.96. The van der Waals surface area contributed by atoms with Gasteiger partial charge in [-0.3, -0.25) is 4.79 Å². The maximum absolute atomic E-state index is 12.1. The first-order valence-electron chi connectivity index (χ1n) is 8.20. The van der Waals surface area contributed by atoms with Crippen LogP contribution < -0.4 is 0 Å². The summed E-state index contributed by atoms with van der Waals surface area (Å²) < 4.78 is 5.89. The van der Waals surface area contributed by atoms with E-state index in [9.17, 15) is 14.7 Å². The molecule has 1 N–H and O–H groups in total. The van der Waals surface area contributed by atoms with Gasteiger partial charge >= 0.3 is 6.09 Å². The number of carboxylic acid groups (broad SMARTS) is 1. The van der Waals surface area contributed by atoms with Gasteiger partial charge in [-0.15, -0.1) is 0 Å². The van der Waals surface area contributed by atoms with Crippen molar-refractivity contribution in [1.29, 1.82) is 0 Å². The van der Waals surface area contributed by atoms with Crippen LogP contribution in [0.3, 0.4) is 0 Å². The molecule has 1 amide bonds. The van der Waals surface area contributed by atoms with Crippen molar-refractivity contribution in [2.45, 2.75) is 51.9 Å². The van der Waals surface area contributed by atoms with E-state index >= 15 is 0 Å². The molecule has 5 nitrogen and oxygen atoms in total. The number of ketones is 1. The number of benzene rings is 1. The highest BCUT2D eigenvalue weighted by molar-refractivity contribution is 6.74. The van der Waals surface area contributed by atoms with Gasteiger partial charge in [0.05, 0.1) is 6.61 Å². The zero-order chi connectivity index (χ0) is 18.4. The minimum Gasteiger partial charge on any atom is -0.465 e. The largest absolute Gasteiger partial charge is 0.465 e. The average Bonchev–Trinajstić information content (AvgIpc) is 2.49. The predicted molar refractivity (Wildman–Crippen MR) is 97.6 cm³/mol. The Morgan fingerprint density at radius 2 is 1.75 bits per heavy atom. The van der Waals surface area contributed by atoms with Gasteiger partial charge in [-0.1, -0.05) is 51.1 Å². The quantitative estimate of drug-likeness (QED) is 0.715. The van der Waals surface area contributed by atoms with Crippen LogP contribution in [0.4, 0.5) is 4.79 Å². The Morgan fingerprint density at radius 3 is 2.25 bits per heavy atom. The summed E-state index contributed by atoms with van der Waals surface area (Å²) in [6.07, 6.45) is -0.842. The van der Waals surface area contributed by atoms with Gasteiger partial charge in [0.2, 0.25) is 0 Å². The van der Waals surface area contributed by atoms with Crippen molar-refractivity contribution in [1.82, 2.24) is 4.90 Å². The van der Waals surface area contributed by atoms with Gasteiger partial charge in [0.15, 0.2) is 14.1 Å². The maximum atomic E-state index is 12.1. The van der Waals surface area contributed by atoms with Gasteiger partial charge in [-0.2, -0.15) is 0 Å². The molecule has 0 fully saturated rings. The summed E-state index contributed by atoms with van der Waals surface area (Å²) in [5, 5.41) is 9.35. The normalized spacial score (nSPS) is 12.0. The number of carbonyl (C=O) groups excluding carboxylic acids is 1. The number of hydrogen-bond donors (Lipinski definition) is 1. The number of carbonyl (C=O) groups is 2. The first kappa shape index (κ1) is 20.4. The lowest BCUT2D eigenvalue weighted by Crippen LogP contribution is -2.42. The van der Waals surface area contributed by atoms with Crippen LogP contribution in [-0.4, -0.2) is 43.4 Å². The van der Waals surface area contributed by atoms with Gasteiger partial charge in [0.25, 0.3) is 0 Å². The van der Waals surface area contributed by atoms with Crippen molar-refractivity contribution < 1.29 is 19.1 Å². The Bertz CT molecular complexity index is 552. The molecule has 0 aliphatic rings. The summed E-state index contributed by atoms with van der Waals surface area (Å²) in [5.41, 5.74) is 0.907. The van der Waals surface area contributed by atoms with Crippen LogP contribution in [0, 0.1) is 0 Å². The van der Waals surface area contributed by atoms with Crippen LogP contribution in [0.1, 0.15) is 32.8 Å². The van der Waals surface area contributed by atoms with Gasteiger partial charge in [-0.25, -0.2) is 4.79 Å². The van der Waals surface area contributed by atoms with Crippen molar-refractivity contribution in [2.24, 2.45) is 0 Å². The predicted octanol–water partition coefficient (Wildman–Crippen LogP) is 4.15. The van der Waals surface area contributed by atoms with Crippen molar-refractivity contribution >= 4 is 20.2 Å². The summed E-state index contributed by atoms with van der Waals surface area (Å²) in [4.78, 5) is 24.7. The molecule has 0 bridgehead atoms. The van der Waals surface area contributed by atoms with E-state index in [1.807, 2.05) is 30.3 Å². The van der Waals surface area contributed by atoms with E-state index in [1.165, 1.54) is 4.90 Å². The lowest BCUT2D eigenvalue weighted by atomic mass is 10.2. The highest BCUT2D eigenvalue weighted by atomic mass is 28.4. The molecule has 0 heterocycles. The zero-order valence-electron chi connectivity index (χ0n) is 15.3. The molecule has 1 aromatic rings. The number of hydrogen-bond acceptors (Lipinski definition) is 3. The summed E-state index contributed by atoms with van der Waals surface area (Å²) in [6.45, 7) is 11.1. The Balaban J connectivity index is 2.50. The molecule has 0 radical (unpaired) electrons. The standard InChI is InChI=1S/C18H29NO4Si/c1-18(2,3)24(4,5)23-14-16(20)11-12-19(17(21)22)13-15-9-7-6-8-10-15/h6-10H,11-14H2,1-5H3,(H,21,22). The third-order valence-corrected chi connectivity index (χ3v) is 9.03. The van der Waals surface area contributed by atoms with Crippen molar-refractivity contribution in [2.75, 3.05) is 13.2 Å². The zero-order valence-corrected chi connectivity index (χ0v) is 16.3. The van der Waals surface area contributed by atoms with Crippen LogP contribution in [-0.2, 0) is 15.8 Å². The lowest BCUT2D eigenvalue weighted by molar-refractivity contribution is -0.121. The van der Waals surface area contributed by atoms with Crippen LogP contribution in [0.5, 0.6) is 0 Å². The van der Waals surface area contributed by atoms with Gasteiger partial charge in [0, 0.05) is 19.5 Å². The smallest absolute Gasteiger partial charge is 0.407 e. The molecule has 0 aliphatic carbocycles. The second-order valence-corrected chi connectivity index (χ2v) is 12.3. The molecule has 1 aromatic carbocycles. The minimum absolute atomic E-state index is 0.0493. The molecule has 0 spiro atoms. The first-order chi connectivity index (χ1) is 11.0. The van der Waals surface area contributed by atoms with E-state index in [1.54, 1.807) is 0 Å². The van der Waals surface area contributed by atoms with E-state index < -0.39 is 14.4 Å². The fraction of sp³-hybridized carbons (Fsp3) is 0.556. The van der Waals surface area contributed by atoms with E-state index in [2.05, 4.69) is 33.9 Å². The summed E-state index contributed by atoms with van der Waals surface area (Å²) in [7, 11) is -1.96. The maximum Gasteiger partial charge on any atom is 0.407 e. The second kappa shape index (κ2) is 8.44. The first-order valence-corrected chi connectivity index (χ1v) is 11.1. The van der Waals surface area contributed by atoms with E-state index in [0.717, 1.165) is 5.56 Å². The Labute approximate surface area is 145 Å². The average molecular weight is 352 g/mol. The highest BCUT2D eigenvalue weighted by Gasteiger charge is 2.37. The third kappa shape index (κ3) is 6.45. The van der Waals surface area contributed by atoms with Crippen molar-refractivity contribution in [3.05, 3.63) is 35.9 Å². The third-order valence-electron chi connectivity index (χ3n) is 4.55. The van der Waals surface area contributed by atoms with E-state index in [4.69, 9.17) is 4.43 Å². The summed E-state index contributed by atoms with van der Waals surface area (Å²) >= 11 is 0. The van der Waals surface area contributed by atoms with Crippen LogP contribution in [0.25, 0.3) is 0 Å². The van der Waals surface area contributed by atoms with Crippen molar-refractivity contribution in [3.8, 4) is 0 Å². The molecule has 24 heavy (non-hydrogen) atoms. The van der Waals surface area contributed by atoms with Crippen LogP contribution >= 0.6 is 0 Å². The molecule has 0 atom stereocenters. The molecule has 6 heteroatoms. The SMILES string of the molecule is CC(C)(C)[Si](C)(C)OCC(=O)CCN(Cc1ccccc1)C(=O)O. The molecule has 134 valence electrons. The van der Waals surface area contributed by atoms with E-state index in [0.29, 0.717) is 0 Å². The number of amides is 1. The van der Waals surface area contributed by atoms with Crippen LogP contribution in [0.15, 0.2) is 30.3 Å². The number of rotatable bonds is 8. The van der Waals surface area contributed by atoms with Gasteiger partial charge < -0.3 is 14.4 Å². The Morgan fingerprint density at radius 1 is 1.17 bits per heavy atom. The topological polar surface area (TPSA) is 66.8 Å². The molecule has 0 aromatic heterocycles. The molecule has 0 unspecified atom stereocenters. The lowest BCUT2D eigenvalue weighted by Gasteiger charge is -2.35. The monoisotopic (exact) mass is 351 g/mol. The summed E-state index contributed by atoms with van der Waals surface area (Å²) in [5.74, 6) is -0.0564. The Hall–Kier alpha value is -1.66.